The molecule has 1 fully saturated rings. The fourth-order valence-electron chi connectivity index (χ4n) is 4.10. The van der Waals surface area contributed by atoms with Crippen LogP contribution in [0.5, 0.6) is 0 Å². The van der Waals surface area contributed by atoms with E-state index in [0.717, 1.165) is 41.5 Å². The lowest BCUT2D eigenvalue weighted by Crippen LogP contribution is -2.43. The molecule has 6 nitrogen and oxygen atoms in total. The van der Waals surface area contributed by atoms with Gasteiger partial charge in [0.1, 0.15) is 12.0 Å². The number of hydrogen-bond acceptors (Lipinski definition) is 5. The topological polar surface area (TPSA) is 72.1 Å². The van der Waals surface area contributed by atoms with E-state index in [0.29, 0.717) is 5.69 Å². The Hall–Kier alpha value is -2.76. The number of carbonyl (C=O) groups is 1. The lowest BCUT2D eigenvalue weighted by Gasteiger charge is -2.35. The minimum Gasteiger partial charge on any atom is -0.356 e. The summed E-state index contributed by atoms with van der Waals surface area (Å²) in [5.74, 6) is 0.107. The Bertz CT molecular complexity index is 935. The van der Waals surface area contributed by atoms with Crippen LogP contribution >= 0.6 is 0 Å². The summed E-state index contributed by atoms with van der Waals surface area (Å²) in [4.78, 5) is 23.5. The monoisotopic (exact) mass is 320 g/mol. The second-order valence-corrected chi connectivity index (χ2v) is 6.48. The number of fused-ring (bicyclic) bond motifs is 5. The lowest BCUT2D eigenvalue weighted by molar-refractivity contribution is -0.134. The molecule has 2 aliphatic rings. The van der Waals surface area contributed by atoms with Crippen molar-refractivity contribution in [2.75, 3.05) is 0 Å². The van der Waals surface area contributed by atoms with Crippen molar-refractivity contribution >= 4 is 16.9 Å². The van der Waals surface area contributed by atoms with Crippen molar-refractivity contribution in [3.63, 3.8) is 0 Å². The second-order valence-electron chi connectivity index (χ2n) is 6.48. The molecule has 1 saturated heterocycles. The van der Waals surface area contributed by atoms with Gasteiger partial charge in [-0.25, -0.2) is 9.97 Å². The highest BCUT2D eigenvalue weighted by atomic mass is 16.5. The van der Waals surface area contributed by atoms with Gasteiger partial charge in [-0.1, -0.05) is 17.3 Å². The third kappa shape index (κ3) is 1.95. The Morgan fingerprint density at radius 1 is 1.29 bits per heavy atom. The van der Waals surface area contributed by atoms with Crippen molar-refractivity contribution in [3.05, 3.63) is 53.7 Å². The first-order valence-electron chi connectivity index (χ1n) is 8.24. The zero-order valence-electron chi connectivity index (χ0n) is 13.1. The Morgan fingerprint density at radius 3 is 3.17 bits per heavy atom. The maximum atomic E-state index is 13.0. The number of rotatable bonds is 2. The van der Waals surface area contributed by atoms with Gasteiger partial charge in [0.25, 0.3) is 0 Å². The highest BCUT2D eigenvalue weighted by Gasteiger charge is 2.43. The zero-order chi connectivity index (χ0) is 16.1. The van der Waals surface area contributed by atoms with Crippen LogP contribution in [0.2, 0.25) is 0 Å². The molecule has 2 aliphatic heterocycles. The van der Waals surface area contributed by atoms with Crippen LogP contribution in [0.15, 0.2) is 41.3 Å². The molecule has 4 heterocycles. The summed E-state index contributed by atoms with van der Waals surface area (Å²) in [5, 5.41) is 5.01. The molecule has 2 atom stereocenters. The molecule has 1 amide bonds. The third-order valence-electron chi connectivity index (χ3n) is 5.18. The summed E-state index contributed by atoms with van der Waals surface area (Å²) < 4.78 is 5.32. The summed E-state index contributed by atoms with van der Waals surface area (Å²) in [7, 11) is 0. The molecular formula is C18H16N4O2. The minimum absolute atomic E-state index is 0.102. The van der Waals surface area contributed by atoms with Gasteiger partial charge in [0, 0.05) is 29.6 Å². The van der Waals surface area contributed by atoms with E-state index in [-0.39, 0.29) is 24.4 Å². The standard InChI is InChI=1S/C18H16N4O2/c23-18(8-15-12-3-1-2-4-17(12)24-21-15)22-11-5-6-16(22)13-9-19-10-20-14(13)7-11/h1-4,9-11,16H,5-8H2. The van der Waals surface area contributed by atoms with Gasteiger partial charge >= 0.3 is 0 Å². The summed E-state index contributed by atoms with van der Waals surface area (Å²) in [5.41, 5.74) is 3.63. The zero-order valence-corrected chi connectivity index (χ0v) is 13.1. The predicted octanol–water partition coefficient (Wildman–Crippen LogP) is 2.45. The maximum Gasteiger partial charge on any atom is 0.229 e. The van der Waals surface area contributed by atoms with E-state index in [1.54, 1.807) is 6.33 Å². The van der Waals surface area contributed by atoms with Crippen LogP contribution in [0.4, 0.5) is 0 Å². The van der Waals surface area contributed by atoms with Gasteiger partial charge in [0.05, 0.1) is 18.2 Å². The molecular weight excluding hydrogens is 304 g/mol. The predicted molar refractivity (Wildman–Crippen MR) is 86.1 cm³/mol. The number of carbonyl (C=O) groups excluding carboxylic acids is 1. The van der Waals surface area contributed by atoms with Gasteiger partial charge in [-0.15, -0.1) is 0 Å². The van der Waals surface area contributed by atoms with Crippen molar-refractivity contribution < 1.29 is 9.32 Å². The average molecular weight is 320 g/mol. The van der Waals surface area contributed by atoms with Crippen LogP contribution in [-0.4, -0.2) is 32.0 Å². The van der Waals surface area contributed by atoms with E-state index >= 15 is 0 Å². The third-order valence-corrected chi connectivity index (χ3v) is 5.18. The molecule has 2 aromatic heterocycles. The second kappa shape index (κ2) is 5.12. The SMILES string of the molecule is O=C(Cc1noc2ccccc12)N1C2CCC1c1cncnc1C2. The molecule has 0 spiro atoms. The van der Waals surface area contributed by atoms with E-state index in [9.17, 15) is 4.79 Å². The first-order chi connectivity index (χ1) is 11.8. The molecule has 1 aromatic carbocycles. The van der Waals surface area contributed by atoms with E-state index < -0.39 is 0 Å². The highest BCUT2D eigenvalue weighted by molar-refractivity contribution is 5.87. The maximum absolute atomic E-state index is 13.0. The fourth-order valence-corrected chi connectivity index (χ4v) is 4.10. The Balaban J connectivity index is 1.46. The average Bonchev–Trinajstić information content (AvgIpc) is 3.16. The largest absolute Gasteiger partial charge is 0.356 e. The molecule has 0 radical (unpaired) electrons. The molecule has 3 aromatic rings. The van der Waals surface area contributed by atoms with Crippen LogP contribution in [0.3, 0.4) is 0 Å². The Kier molecular flexibility index (Phi) is 2.92. The number of amides is 1. The number of nitrogens with zero attached hydrogens (tertiary/aromatic N) is 4. The first kappa shape index (κ1) is 13.7. The molecule has 2 bridgehead atoms. The van der Waals surface area contributed by atoms with E-state index in [2.05, 4.69) is 15.1 Å². The fraction of sp³-hybridized carbons (Fsp3) is 0.333. The Labute approximate surface area is 138 Å². The molecule has 2 unspecified atom stereocenters. The first-order valence-corrected chi connectivity index (χ1v) is 8.24. The van der Waals surface area contributed by atoms with Gasteiger partial charge in [-0.05, 0) is 25.0 Å². The minimum atomic E-state index is 0.102. The van der Waals surface area contributed by atoms with Crippen LogP contribution in [0, 0.1) is 0 Å². The number of para-hydroxylation sites is 1. The van der Waals surface area contributed by atoms with E-state index in [1.807, 2.05) is 35.4 Å². The van der Waals surface area contributed by atoms with Crippen molar-refractivity contribution in [3.8, 4) is 0 Å². The molecule has 6 heteroatoms. The molecule has 0 N–H and O–H groups in total. The van der Waals surface area contributed by atoms with Crippen molar-refractivity contribution in [2.24, 2.45) is 0 Å². The van der Waals surface area contributed by atoms with Crippen molar-refractivity contribution in [2.45, 2.75) is 37.8 Å². The highest BCUT2D eigenvalue weighted by Crippen LogP contribution is 2.43. The normalized spacial score (nSPS) is 21.9. The van der Waals surface area contributed by atoms with Gasteiger partial charge in [0.2, 0.25) is 5.91 Å². The molecule has 0 saturated carbocycles. The molecule has 0 aliphatic carbocycles. The summed E-state index contributed by atoms with van der Waals surface area (Å²) in [6.07, 6.45) is 6.55. The van der Waals surface area contributed by atoms with Crippen LogP contribution in [0.1, 0.15) is 35.8 Å². The van der Waals surface area contributed by atoms with Crippen molar-refractivity contribution in [1.29, 1.82) is 0 Å². The van der Waals surface area contributed by atoms with Crippen LogP contribution in [-0.2, 0) is 17.6 Å². The van der Waals surface area contributed by atoms with Gasteiger partial charge in [0.15, 0.2) is 5.58 Å². The van der Waals surface area contributed by atoms with Crippen molar-refractivity contribution in [1.82, 2.24) is 20.0 Å². The molecule has 5 rings (SSSR count). The van der Waals surface area contributed by atoms with E-state index in [1.165, 1.54) is 0 Å². The Morgan fingerprint density at radius 2 is 2.21 bits per heavy atom. The summed E-state index contributed by atoms with van der Waals surface area (Å²) in [6, 6.07) is 8.00. The van der Waals surface area contributed by atoms with E-state index in [4.69, 9.17) is 4.52 Å². The van der Waals surface area contributed by atoms with Crippen LogP contribution in [0.25, 0.3) is 11.0 Å². The van der Waals surface area contributed by atoms with Gasteiger partial charge in [-0.2, -0.15) is 0 Å². The number of hydrogen-bond donors (Lipinski definition) is 0. The number of benzene rings is 1. The molecule has 120 valence electrons. The number of aromatic nitrogens is 3. The summed E-state index contributed by atoms with van der Waals surface area (Å²) >= 11 is 0. The lowest BCUT2D eigenvalue weighted by atomic mass is 9.98. The smallest absolute Gasteiger partial charge is 0.229 e. The summed E-state index contributed by atoms with van der Waals surface area (Å²) in [6.45, 7) is 0. The van der Waals surface area contributed by atoms with Gasteiger partial charge < -0.3 is 9.42 Å². The molecule has 24 heavy (non-hydrogen) atoms. The van der Waals surface area contributed by atoms with Gasteiger partial charge in [-0.3, -0.25) is 4.79 Å². The quantitative estimate of drug-likeness (QED) is 0.725. The van der Waals surface area contributed by atoms with Crippen LogP contribution < -0.4 is 0 Å².